The number of non-ortho nitro benzene ring substituents is 1. The van der Waals surface area contributed by atoms with Gasteiger partial charge in [-0.2, -0.15) is 0 Å². The lowest BCUT2D eigenvalue weighted by molar-refractivity contribution is -0.385. The fourth-order valence-electron chi connectivity index (χ4n) is 3.66. The summed E-state index contributed by atoms with van der Waals surface area (Å²) in [5.74, 6) is -2.04. The Bertz CT molecular complexity index is 928. The second kappa shape index (κ2) is 6.57. The molecule has 2 fully saturated rings. The number of nitro groups is 1. The van der Waals surface area contributed by atoms with Crippen molar-refractivity contribution in [1.82, 2.24) is 4.90 Å². The first-order valence-electron chi connectivity index (χ1n) is 8.14. The molecule has 1 amide bonds. The molecule has 2 aliphatic heterocycles. The van der Waals surface area contributed by atoms with E-state index in [-0.39, 0.29) is 49.1 Å². The number of amides is 1. The molecule has 11 heteroatoms. The van der Waals surface area contributed by atoms with Crippen LogP contribution in [0.3, 0.4) is 0 Å². The Balaban J connectivity index is 1.98. The van der Waals surface area contributed by atoms with E-state index in [0.717, 1.165) is 24.5 Å². The van der Waals surface area contributed by atoms with Gasteiger partial charge in [-0.15, -0.1) is 0 Å². The van der Waals surface area contributed by atoms with Crippen molar-refractivity contribution in [3.63, 3.8) is 0 Å². The molecule has 2 aliphatic rings. The number of hydrogen-bond acceptors (Lipinski definition) is 7. The molecule has 3 rings (SSSR count). The summed E-state index contributed by atoms with van der Waals surface area (Å²) in [4.78, 5) is 36.0. The monoisotopic (exact) mass is 398 g/mol. The summed E-state index contributed by atoms with van der Waals surface area (Å²) in [6, 6.07) is 2.97. The maximum atomic E-state index is 12.9. The number of fused-ring (bicyclic) bond motifs is 1. The van der Waals surface area contributed by atoms with Crippen LogP contribution in [-0.2, 0) is 19.4 Å². The number of carboxylic acid groups (broad SMARTS) is 1. The minimum Gasteiger partial charge on any atom is -0.481 e. The Morgan fingerprint density at radius 2 is 2.07 bits per heavy atom. The molecule has 0 bridgehead atoms. The normalized spacial score (nSPS) is 25.1. The van der Waals surface area contributed by atoms with Crippen molar-refractivity contribution in [2.45, 2.75) is 11.3 Å². The van der Waals surface area contributed by atoms with Crippen molar-refractivity contribution in [1.29, 1.82) is 0 Å². The number of ether oxygens (including phenoxy) is 1. The van der Waals surface area contributed by atoms with Gasteiger partial charge in [-0.05, 0) is 12.5 Å². The van der Waals surface area contributed by atoms with Crippen LogP contribution in [-0.4, -0.2) is 67.8 Å². The van der Waals surface area contributed by atoms with Gasteiger partial charge in [-0.3, -0.25) is 19.7 Å². The molecule has 146 valence electrons. The third-order valence-corrected chi connectivity index (χ3v) is 6.29. The molecule has 0 aromatic heterocycles. The minimum atomic E-state index is -3.77. The summed E-state index contributed by atoms with van der Waals surface area (Å²) >= 11 is 0. The van der Waals surface area contributed by atoms with Crippen LogP contribution in [0.15, 0.2) is 23.1 Å². The number of carbonyl (C=O) groups is 2. The van der Waals surface area contributed by atoms with Gasteiger partial charge < -0.3 is 14.7 Å². The largest absolute Gasteiger partial charge is 0.481 e. The molecule has 0 unspecified atom stereocenters. The molecule has 0 aliphatic carbocycles. The smallest absolute Gasteiger partial charge is 0.311 e. The van der Waals surface area contributed by atoms with Crippen molar-refractivity contribution in [3.05, 3.63) is 33.9 Å². The first-order valence-corrected chi connectivity index (χ1v) is 10.0. The highest BCUT2D eigenvalue weighted by Gasteiger charge is 2.55. The third kappa shape index (κ3) is 3.39. The highest BCUT2D eigenvalue weighted by atomic mass is 32.2. The van der Waals surface area contributed by atoms with Crippen molar-refractivity contribution in [2.75, 3.05) is 32.6 Å². The minimum absolute atomic E-state index is 0.0495. The van der Waals surface area contributed by atoms with E-state index in [1.165, 1.54) is 4.90 Å². The van der Waals surface area contributed by atoms with E-state index in [1.807, 2.05) is 0 Å². The van der Waals surface area contributed by atoms with Gasteiger partial charge in [0.05, 0.1) is 21.8 Å². The fourth-order valence-corrected chi connectivity index (χ4v) is 4.34. The van der Waals surface area contributed by atoms with Crippen LogP contribution >= 0.6 is 0 Å². The van der Waals surface area contributed by atoms with Gasteiger partial charge in [0, 0.05) is 49.6 Å². The Kier molecular flexibility index (Phi) is 4.68. The van der Waals surface area contributed by atoms with Crippen LogP contribution in [0.25, 0.3) is 0 Å². The maximum absolute atomic E-state index is 12.9. The molecule has 2 atom stereocenters. The first-order chi connectivity index (χ1) is 12.5. The second-order valence-electron chi connectivity index (χ2n) is 6.91. The number of carbonyl (C=O) groups excluding carboxylic acids is 1. The SMILES string of the molecule is CS(=O)(=O)c1cc(C(=O)N2C[C@H]3COCC[C@@]3(C(=O)O)C2)cc([N+](=O)[O-])c1. The van der Waals surface area contributed by atoms with Crippen molar-refractivity contribution in [2.24, 2.45) is 11.3 Å². The summed E-state index contributed by atoms with van der Waals surface area (Å²) in [6.07, 6.45) is 1.15. The second-order valence-corrected chi connectivity index (χ2v) is 8.93. The molecule has 1 aromatic carbocycles. The zero-order valence-corrected chi connectivity index (χ0v) is 15.3. The predicted octanol–water partition coefficient (Wildman–Crippen LogP) is 0.562. The molecular formula is C16H18N2O8S. The van der Waals surface area contributed by atoms with E-state index in [1.54, 1.807) is 0 Å². The molecule has 2 heterocycles. The molecular weight excluding hydrogens is 380 g/mol. The lowest BCUT2D eigenvalue weighted by Gasteiger charge is -2.33. The van der Waals surface area contributed by atoms with Gasteiger partial charge in [0.1, 0.15) is 0 Å². The van der Waals surface area contributed by atoms with Crippen LogP contribution in [0, 0.1) is 21.4 Å². The third-order valence-electron chi connectivity index (χ3n) is 5.20. The van der Waals surface area contributed by atoms with Gasteiger partial charge in [0.2, 0.25) is 0 Å². The zero-order valence-electron chi connectivity index (χ0n) is 14.5. The number of likely N-dealkylation sites (tertiary alicyclic amines) is 1. The predicted molar refractivity (Wildman–Crippen MR) is 91.1 cm³/mol. The van der Waals surface area contributed by atoms with E-state index in [4.69, 9.17) is 4.74 Å². The number of nitrogens with zero attached hydrogens (tertiary/aromatic N) is 2. The lowest BCUT2D eigenvalue weighted by atomic mass is 9.74. The summed E-state index contributed by atoms with van der Waals surface area (Å²) in [7, 11) is -3.77. The van der Waals surface area contributed by atoms with E-state index in [0.29, 0.717) is 0 Å². The van der Waals surface area contributed by atoms with Crippen molar-refractivity contribution >= 4 is 27.4 Å². The number of rotatable bonds is 4. The molecule has 2 saturated heterocycles. The Morgan fingerprint density at radius 1 is 1.37 bits per heavy atom. The van der Waals surface area contributed by atoms with Gasteiger partial charge in [0.15, 0.2) is 9.84 Å². The Morgan fingerprint density at radius 3 is 2.63 bits per heavy atom. The summed E-state index contributed by atoms with van der Waals surface area (Å²) < 4.78 is 29.0. The average Bonchev–Trinajstić information content (AvgIpc) is 3.01. The molecule has 1 N–H and O–H groups in total. The maximum Gasteiger partial charge on any atom is 0.311 e. The molecule has 10 nitrogen and oxygen atoms in total. The summed E-state index contributed by atoms with van der Waals surface area (Å²) in [5, 5.41) is 20.8. The molecule has 27 heavy (non-hydrogen) atoms. The fraction of sp³-hybridized carbons (Fsp3) is 0.500. The van der Waals surface area contributed by atoms with Crippen LogP contribution < -0.4 is 0 Å². The Labute approximate surface area is 154 Å². The number of sulfone groups is 1. The number of benzene rings is 1. The number of hydrogen-bond donors (Lipinski definition) is 1. The van der Waals surface area contributed by atoms with Crippen LogP contribution in [0.5, 0.6) is 0 Å². The topological polar surface area (TPSA) is 144 Å². The standard InChI is InChI=1S/C16H18N2O8S/c1-27(24,25)13-5-10(4-12(6-13)18(22)23)14(19)17-7-11-8-26-3-2-16(11,9-17)15(20)21/h4-6,11H,2-3,7-9H2,1H3,(H,20,21)/t11-,16+/m0/s1. The van der Waals surface area contributed by atoms with E-state index >= 15 is 0 Å². The quantitative estimate of drug-likeness (QED) is 0.572. The number of nitro benzene ring substituents is 1. The average molecular weight is 398 g/mol. The van der Waals surface area contributed by atoms with Gasteiger partial charge in [-0.1, -0.05) is 0 Å². The van der Waals surface area contributed by atoms with Gasteiger partial charge in [-0.25, -0.2) is 8.42 Å². The van der Waals surface area contributed by atoms with Gasteiger partial charge >= 0.3 is 5.97 Å². The Hall–Kier alpha value is -2.53. The molecule has 1 aromatic rings. The highest BCUT2D eigenvalue weighted by molar-refractivity contribution is 7.90. The van der Waals surface area contributed by atoms with Gasteiger partial charge in [0.25, 0.3) is 11.6 Å². The number of aliphatic carboxylic acids is 1. The molecule has 0 radical (unpaired) electrons. The van der Waals surface area contributed by atoms with Crippen molar-refractivity contribution < 1.29 is 32.8 Å². The van der Waals surface area contributed by atoms with E-state index < -0.39 is 37.7 Å². The van der Waals surface area contributed by atoms with Crippen LogP contribution in [0.1, 0.15) is 16.8 Å². The highest BCUT2D eigenvalue weighted by Crippen LogP contribution is 2.43. The van der Waals surface area contributed by atoms with Crippen LogP contribution in [0.4, 0.5) is 5.69 Å². The van der Waals surface area contributed by atoms with E-state index in [9.17, 15) is 33.2 Å². The van der Waals surface area contributed by atoms with E-state index in [2.05, 4.69) is 0 Å². The molecule has 0 spiro atoms. The van der Waals surface area contributed by atoms with Crippen LogP contribution in [0.2, 0.25) is 0 Å². The summed E-state index contributed by atoms with van der Waals surface area (Å²) in [5.41, 5.74) is -1.80. The van der Waals surface area contributed by atoms with Crippen molar-refractivity contribution in [3.8, 4) is 0 Å². The lowest BCUT2D eigenvalue weighted by Crippen LogP contribution is -2.45. The molecule has 0 saturated carbocycles. The summed E-state index contributed by atoms with van der Waals surface area (Å²) in [6.45, 7) is 0.563. The number of carboxylic acids is 1. The zero-order chi connectivity index (χ0) is 20.0. The first kappa shape index (κ1) is 19.2.